The van der Waals surface area contributed by atoms with Gasteiger partial charge in [0.05, 0.1) is 6.10 Å². The SMILES string of the molecule is CCC(C=CC(C)C1CCC2C3CC(=O)C4CC(O)CCC4(C)C3CCC12C)C(C)C. The van der Waals surface area contributed by atoms with Crippen LogP contribution in [0, 0.1) is 58.2 Å². The van der Waals surface area contributed by atoms with Crippen LogP contribution in [-0.2, 0) is 4.79 Å². The van der Waals surface area contributed by atoms with E-state index in [-0.39, 0.29) is 17.4 Å². The minimum absolute atomic E-state index is 0.114. The third-order valence-electron chi connectivity index (χ3n) is 11.1. The number of hydrogen-bond acceptors (Lipinski definition) is 2. The number of hydrogen-bond donors (Lipinski definition) is 1. The topological polar surface area (TPSA) is 37.3 Å². The minimum atomic E-state index is -0.256. The lowest BCUT2D eigenvalue weighted by Crippen LogP contribution is -2.57. The van der Waals surface area contributed by atoms with Crippen LogP contribution in [0.25, 0.3) is 0 Å². The number of Topliss-reactive ketones (excluding diaryl/α,β-unsaturated/α-hetero) is 1. The van der Waals surface area contributed by atoms with Gasteiger partial charge in [0.1, 0.15) is 5.78 Å². The molecule has 0 aromatic heterocycles. The van der Waals surface area contributed by atoms with Gasteiger partial charge in [-0.05, 0) is 104 Å². The standard InChI is InChI=1S/C29H48O2/c1-7-20(18(2)3)9-8-19(4)23-10-11-24-22-17-27(31)26-16-21(30)12-14-29(26,6)25(22)13-15-28(23,24)5/h8-9,18-26,30H,7,10-17H2,1-6H3. The van der Waals surface area contributed by atoms with Crippen molar-refractivity contribution >= 4 is 5.78 Å². The second kappa shape index (κ2) is 8.62. The van der Waals surface area contributed by atoms with Gasteiger partial charge in [-0.2, -0.15) is 0 Å². The molecule has 2 heteroatoms. The Morgan fingerprint density at radius 1 is 1.00 bits per heavy atom. The second-order valence-electron chi connectivity index (χ2n) is 12.8. The summed E-state index contributed by atoms with van der Waals surface area (Å²) in [5.74, 6) is 5.38. The van der Waals surface area contributed by atoms with Crippen LogP contribution < -0.4 is 0 Å². The first kappa shape index (κ1) is 23.5. The molecule has 4 aliphatic carbocycles. The number of aliphatic hydroxyl groups excluding tert-OH is 1. The molecule has 4 rings (SSSR count). The molecule has 176 valence electrons. The molecule has 10 atom stereocenters. The van der Waals surface area contributed by atoms with Crippen molar-refractivity contribution in [2.24, 2.45) is 58.2 Å². The van der Waals surface area contributed by atoms with E-state index in [2.05, 4.69) is 53.7 Å². The smallest absolute Gasteiger partial charge is 0.136 e. The lowest BCUT2D eigenvalue weighted by molar-refractivity contribution is -0.159. The van der Waals surface area contributed by atoms with Crippen molar-refractivity contribution in [3.05, 3.63) is 12.2 Å². The van der Waals surface area contributed by atoms with Crippen molar-refractivity contribution in [2.45, 2.75) is 105 Å². The molecule has 0 aromatic carbocycles. The molecule has 10 unspecified atom stereocenters. The zero-order valence-electron chi connectivity index (χ0n) is 21.1. The molecule has 4 aliphatic rings. The van der Waals surface area contributed by atoms with E-state index in [1.807, 2.05) is 0 Å². The Morgan fingerprint density at radius 3 is 2.35 bits per heavy atom. The molecule has 0 saturated heterocycles. The van der Waals surface area contributed by atoms with Crippen LogP contribution >= 0.6 is 0 Å². The van der Waals surface area contributed by atoms with Crippen LogP contribution in [0.1, 0.15) is 99.3 Å². The zero-order valence-corrected chi connectivity index (χ0v) is 21.1. The van der Waals surface area contributed by atoms with Gasteiger partial charge in [-0.1, -0.05) is 53.7 Å². The predicted octanol–water partition coefficient (Wildman–Crippen LogP) is 7.06. The van der Waals surface area contributed by atoms with E-state index in [0.29, 0.717) is 46.7 Å². The third-order valence-corrected chi connectivity index (χ3v) is 11.1. The number of aliphatic hydroxyl groups is 1. The summed E-state index contributed by atoms with van der Waals surface area (Å²) < 4.78 is 0. The number of fused-ring (bicyclic) bond motifs is 5. The molecule has 31 heavy (non-hydrogen) atoms. The van der Waals surface area contributed by atoms with Gasteiger partial charge in [0.25, 0.3) is 0 Å². The monoisotopic (exact) mass is 428 g/mol. The van der Waals surface area contributed by atoms with Crippen LogP contribution in [0.5, 0.6) is 0 Å². The molecule has 4 fully saturated rings. The molecule has 0 amide bonds. The maximum Gasteiger partial charge on any atom is 0.136 e. The summed E-state index contributed by atoms with van der Waals surface area (Å²) in [6.07, 6.45) is 14.8. The Bertz CT molecular complexity index is 695. The quantitative estimate of drug-likeness (QED) is 0.476. The largest absolute Gasteiger partial charge is 0.393 e. The number of rotatable bonds is 5. The second-order valence-corrected chi connectivity index (χ2v) is 12.8. The van der Waals surface area contributed by atoms with E-state index in [0.717, 1.165) is 31.6 Å². The lowest BCUT2D eigenvalue weighted by atomic mass is 9.44. The van der Waals surface area contributed by atoms with Gasteiger partial charge >= 0.3 is 0 Å². The first-order valence-electron chi connectivity index (χ1n) is 13.5. The van der Waals surface area contributed by atoms with Crippen molar-refractivity contribution in [3.8, 4) is 0 Å². The Kier molecular flexibility index (Phi) is 6.54. The van der Waals surface area contributed by atoms with E-state index in [1.165, 1.54) is 32.1 Å². The van der Waals surface area contributed by atoms with Gasteiger partial charge in [-0.3, -0.25) is 4.79 Å². The van der Waals surface area contributed by atoms with Crippen LogP contribution in [-0.4, -0.2) is 17.0 Å². The molecule has 2 nitrogen and oxygen atoms in total. The fraction of sp³-hybridized carbons (Fsp3) is 0.897. The van der Waals surface area contributed by atoms with E-state index in [4.69, 9.17) is 0 Å². The van der Waals surface area contributed by atoms with E-state index in [1.54, 1.807) is 0 Å². The molecule has 0 spiro atoms. The highest BCUT2D eigenvalue weighted by molar-refractivity contribution is 5.83. The van der Waals surface area contributed by atoms with Crippen molar-refractivity contribution in [1.82, 2.24) is 0 Å². The van der Waals surface area contributed by atoms with Crippen LogP contribution in [0.15, 0.2) is 12.2 Å². The number of allylic oxidation sites excluding steroid dienone is 2. The Balaban J connectivity index is 1.53. The van der Waals surface area contributed by atoms with Crippen molar-refractivity contribution < 1.29 is 9.90 Å². The van der Waals surface area contributed by atoms with Crippen LogP contribution in [0.4, 0.5) is 0 Å². The summed E-state index contributed by atoms with van der Waals surface area (Å²) in [6, 6.07) is 0. The molecule has 0 aromatic rings. The summed E-state index contributed by atoms with van der Waals surface area (Å²) >= 11 is 0. The number of carbonyl (C=O) groups excluding carboxylic acids is 1. The average Bonchev–Trinajstić information content (AvgIpc) is 3.07. The van der Waals surface area contributed by atoms with Crippen molar-refractivity contribution in [1.29, 1.82) is 0 Å². The Labute approximate surface area is 191 Å². The fourth-order valence-corrected chi connectivity index (χ4v) is 9.21. The Hall–Kier alpha value is -0.630. The molecule has 0 aliphatic heterocycles. The molecular formula is C29H48O2. The van der Waals surface area contributed by atoms with Gasteiger partial charge in [0.15, 0.2) is 0 Å². The molecule has 0 bridgehead atoms. The predicted molar refractivity (Wildman–Crippen MR) is 129 cm³/mol. The maximum absolute atomic E-state index is 13.3. The Morgan fingerprint density at radius 2 is 1.68 bits per heavy atom. The van der Waals surface area contributed by atoms with E-state index < -0.39 is 0 Å². The lowest BCUT2D eigenvalue weighted by Gasteiger charge is -2.60. The summed E-state index contributed by atoms with van der Waals surface area (Å²) in [6.45, 7) is 14.5. The van der Waals surface area contributed by atoms with Crippen LogP contribution in [0.2, 0.25) is 0 Å². The molecular weight excluding hydrogens is 380 g/mol. The zero-order chi connectivity index (χ0) is 22.6. The van der Waals surface area contributed by atoms with Gasteiger partial charge in [-0.25, -0.2) is 0 Å². The summed E-state index contributed by atoms with van der Waals surface area (Å²) in [5, 5.41) is 10.2. The molecule has 4 saturated carbocycles. The summed E-state index contributed by atoms with van der Waals surface area (Å²) in [5.41, 5.74) is 0.526. The van der Waals surface area contributed by atoms with Gasteiger partial charge in [0.2, 0.25) is 0 Å². The highest BCUT2D eigenvalue weighted by Crippen LogP contribution is 2.67. The molecule has 1 N–H and O–H groups in total. The van der Waals surface area contributed by atoms with E-state index in [9.17, 15) is 9.90 Å². The van der Waals surface area contributed by atoms with Gasteiger partial charge in [-0.15, -0.1) is 0 Å². The minimum Gasteiger partial charge on any atom is -0.393 e. The van der Waals surface area contributed by atoms with E-state index >= 15 is 0 Å². The summed E-state index contributed by atoms with van der Waals surface area (Å²) in [4.78, 5) is 13.3. The van der Waals surface area contributed by atoms with Crippen molar-refractivity contribution in [2.75, 3.05) is 0 Å². The summed E-state index contributed by atoms with van der Waals surface area (Å²) in [7, 11) is 0. The first-order chi connectivity index (χ1) is 14.6. The van der Waals surface area contributed by atoms with Crippen molar-refractivity contribution in [3.63, 3.8) is 0 Å². The number of carbonyl (C=O) groups is 1. The first-order valence-corrected chi connectivity index (χ1v) is 13.5. The maximum atomic E-state index is 13.3. The number of ketones is 1. The molecule has 0 heterocycles. The fourth-order valence-electron chi connectivity index (χ4n) is 9.21. The highest BCUT2D eigenvalue weighted by Gasteiger charge is 2.62. The van der Waals surface area contributed by atoms with Gasteiger partial charge < -0.3 is 5.11 Å². The average molecular weight is 429 g/mol. The normalized spacial score (nSPS) is 47.2. The van der Waals surface area contributed by atoms with Crippen LogP contribution in [0.3, 0.4) is 0 Å². The third kappa shape index (κ3) is 3.87. The van der Waals surface area contributed by atoms with Gasteiger partial charge in [0, 0.05) is 12.3 Å². The molecule has 0 radical (unpaired) electrons. The highest BCUT2D eigenvalue weighted by atomic mass is 16.3.